The van der Waals surface area contributed by atoms with E-state index in [2.05, 4.69) is 21.7 Å². The van der Waals surface area contributed by atoms with E-state index in [1.165, 1.54) is 5.56 Å². The summed E-state index contributed by atoms with van der Waals surface area (Å²) in [6, 6.07) is 9.92. The van der Waals surface area contributed by atoms with Gasteiger partial charge in [0.1, 0.15) is 0 Å². The summed E-state index contributed by atoms with van der Waals surface area (Å²) in [6.45, 7) is 0.752. The van der Waals surface area contributed by atoms with Gasteiger partial charge >= 0.3 is 0 Å². The minimum absolute atomic E-state index is 0.685. The highest BCUT2D eigenvalue weighted by Crippen LogP contribution is 2.34. The van der Waals surface area contributed by atoms with Crippen LogP contribution in [-0.4, -0.2) is 4.98 Å². The van der Waals surface area contributed by atoms with Crippen LogP contribution in [0.1, 0.15) is 5.56 Å². The predicted octanol–water partition coefficient (Wildman–Crippen LogP) is 3.40. The number of nitrogens with zero attached hydrogens (tertiary/aromatic N) is 1. The molecule has 0 atom stereocenters. The summed E-state index contributed by atoms with van der Waals surface area (Å²) in [5.41, 5.74) is 3.14. The predicted molar refractivity (Wildman–Crippen MR) is 66.3 cm³/mol. The Kier molecular flexibility index (Phi) is 2.18. The highest BCUT2D eigenvalue weighted by molar-refractivity contribution is 6.33. The molecule has 0 aliphatic carbocycles. The van der Waals surface area contributed by atoms with Crippen molar-refractivity contribution in [1.29, 1.82) is 0 Å². The number of fused-ring (bicyclic) bond motifs is 2. The number of halogens is 1. The summed E-state index contributed by atoms with van der Waals surface area (Å²) >= 11 is 6.12. The molecule has 0 radical (unpaired) electrons. The first kappa shape index (κ1) is 9.48. The van der Waals surface area contributed by atoms with Crippen LogP contribution < -0.4 is 10.6 Å². The van der Waals surface area contributed by atoms with Crippen LogP contribution in [0.15, 0.2) is 36.5 Å². The molecule has 0 bridgehead atoms. The molecule has 0 amide bonds. The Morgan fingerprint density at radius 1 is 1.19 bits per heavy atom. The van der Waals surface area contributed by atoms with Crippen molar-refractivity contribution < 1.29 is 0 Å². The van der Waals surface area contributed by atoms with Crippen LogP contribution in [0.3, 0.4) is 0 Å². The Morgan fingerprint density at radius 2 is 2.06 bits per heavy atom. The maximum absolute atomic E-state index is 6.12. The number of hydrogen-bond donors (Lipinski definition) is 2. The van der Waals surface area contributed by atoms with Crippen LogP contribution in [0.4, 0.5) is 17.2 Å². The van der Waals surface area contributed by atoms with Crippen LogP contribution in [0, 0.1) is 0 Å². The molecule has 1 aromatic carbocycles. The fraction of sp³-hybridized carbons (Fsp3) is 0.0833. The zero-order valence-electron chi connectivity index (χ0n) is 8.50. The molecule has 1 aliphatic heterocycles. The number of rotatable bonds is 0. The van der Waals surface area contributed by atoms with E-state index in [4.69, 9.17) is 11.6 Å². The number of aromatic nitrogens is 1. The summed E-state index contributed by atoms with van der Waals surface area (Å²) in [7, 11) is 0. The Labute approximate surface area is 98.5 Å². The van der Waals surface area contributed by atoms with Crippen LogP contribution >= 0.6 is 11.6 Å². The molecule has 1 aliphatic rings. The maximum atomic E-state index is 6.12. The quantitative estimate of drug-likeness (QED) is 0.730. The molecule has 0 saturated carbocycles. The second-order valence-corrected chi connectivity index (χ2v) is 4.06. The van der Waals surface area contributed by atoms with Gasteiger partial charge in [0.15, 0.2) is 5.82 Å². The largest absolute Gasteiger partial charge is 0.377 e. The highest BCUT2D eigenvalue weighted by Gasteiger charge is 2.14. The molecule has 0 fully saturated rings. The van der Waals surface area contributed by atoms with E-state index in [1.54, 1.807) is 12.3 Å². The van der Waals surface area contributed by atoms with Crippen molar-refractivity contribution in [2.75, 3.05) is 10.6 Å². The third kappa shape index (κ3) is 1.49. The summed E-state index contributed by atoms with van der Waals surface area (Å²) in [4.78, 5) is 4.28. The number of pyridine rings is 1. The van der Waals surface area contributed by atoms with Crippen molar-refractivity contribution in [3.8, 4) is 0 Å². The minimum atomic E-state index is 0.685. The lowest BCUT2D eigenvalue weighted by Crippen LogP contribution is -1.98. The average molecular weight is 232 g/mol. The van der Waals surface area contributed by atoms with Gasteiger partial charge in [-0.3, -0.25) is 0 Å². The second kappa shape index (κ2) is 3.68. The van der Waals surface area contributed by atoms with Crippen LogP contribution in [0.25, 0.3) is 0 Å². The number of anilines is 3. The molecule has 3 nitrogen and oxygen atoms in total. The zero-order valence-corrected chi connectivity index (χ0v) is 9.25. The van der Waals surface area contributed by atoms with E-state index in [-0.39, 0.29) is 0 Å². The van der Waals surface area contributed by atoms with Crippen molar-refractivity contribution in [3.05, 3.63) is 47.1 Å². The topological polar surface area (TPSA) is 37.0 Å². The smallest absolute Gasteiger partial charge is 0.155 e. The van der Waals surface area contributed by atoms with Crippen LogP contribution in [-0.2, 0) is 6.54 Å². The molecular weight excluding hydrogens is 222 g/mol. The van der Waals surface area contributed by atoms with Gasteiger partial charge in [0.25, 0.3) is 0 Å². The van der Waals surface area contributed by atoms with Crippen molar-refractivity contribution in [1.82, 2.24) is 4.98 Å². The first-order chi connectivity index (χ1) is 7.84. The number of benzene rings is 1. The monoisotopic (exact) mass is 231 g/mol. The Balaban J connectivity index is 2.12. The summed E-state index contributed by atoms with van der Waals surface area (Å²) in [6.07, 6.45) is 1.70. The van der Waals surface area contributed by atoms with Crippen molar-refractivity contribution in [2.45, 2.75) is 6.54 Å². The second-order valence-electron chi connectivity index (χ2n) is 3.65. The molecule has 1 aromatic heterocycles. The van der Waals surface area contributed by atoms with E-state index in [0.29, 0.717) is 5.02 Å². The van der Waals surface area contributed by atoms with E-state index in [1.807, 2.05) is 18.2 Å². The van der Waals surface area contributed by atoms with Gasteiger partial charge in [-0.1, -0.05) is 29.8 Å². The third-order valence-electron chi connectivity index (χ3n) is 2.63. The average Bonchev–Trinajstić information content (AvgIpc) is 2.48. The fourth-order valence-corrected chi connectivity index (χ4v) is 2.02. The van der Waals surface area contributed by atoms with Gasteiger partial charge in [0.05, 0.1) is 10.7 Å². The highest BCUT2D eigenvalue weighted by atomic mass is 35.5. The van der Waals surface area contributed by atoms with E-state index in [0.717, 1.165) is 23.7 Å². The summed E-state index contributed by atoms with van der Waals surface area (Å²) < 4.78 is 0. The zero-order chi connectivity index (χ0) is 11.0. The van der Waals surface area contributed by atoms with Gasteiger partial charge < -0.3 is 10.6 Å². The Bertz CT molecular complexity index is 540. The molecule has 3 rings (SSSR count). The lowest BCUT2D eigenvalue weighted by Gasteiger charge is -2.08. The van der Waals surface area contributed by atoms with Gasteiger partial charge in [-0.15, -0.1) is 0 Å². The lowest BCUT2D eigenvalue weighted by atomic mass is 10.2. The molecule has 0 spiro atoms. The van der Waals surface area contributed by atoms with Gasteiger partial charge in [-0.2, -0.15) is 0 Å². The Morgan fingerprint density at radius 3 is 3.00 bits per heavy atom. The Hall–Kier alpha value is -1.74. The minimum Gasteiger partial charge on any atom is -0.377 e. The fourth-order valence-electron chi connectivity index (χ4n) is 1.81. The van der Waals surface area contributed by atoms with Gasteiger partial charge in [-0.05, 0) is 17.7 Å². The molecule has 4 heteroatoms. The molecule has 0 saturated heterocycles. The number of para-hydroxylation sites is 1. The van der Waals surface area contributed by atoms with Crippen molar-refractivity contribution >= 4 is 28.8 Å². The first-order valence-corrected chi connectivity index (χ1v) is 5.46. The SMILES string of the molecule is Clc1ccnc2c1NCc1ccccc1N2. The molecule has 2 aromatic rings. The normalized spacial score (nSPS) is 12.8. The van der Waals surface area contributed by atoms with Gasteiger partial charge in [0, 0.05) is 18.4 Å². The number of hydrogen-bond acceptors (Lipinski definition) is 3. The molecule has 2 heterocycles. The van der Waals surface area contributed by atoms with Crippen molar-refractivity contribution in [2.24, 2.45) is 0 Å². The summed E-state index contributed by atoms with van der Waals surface area (Å²) in [5.74, 6) is 0.775. The lowest BCUT2D eigenvalue weighted by molar-refractivity contribution is 1.17. The van der Waals surface area contributed by atoms with Crippen molar-refractivity contribution in [3.63, 3.8) is 0 Å². The third-order valence-corrected chi connectivity index (χ3v) is 2.94. The van der Waals surface area contributed by atoms with Crippen LogP contribution in [0.2, 0.25) is 5.02 Å². The molecule has 80 valence electrons. The van der Waals surface area contributed by atoms with E-state index in [9.17, 15) is 0 Å². The van der Waals surface area contributed by atoms with E-state index >= 15 is 0 Å². The van der Waals surface area contributed by atoms with Gasteiger partial charge in [0.2, 0.25) is 0 Å². The standard InChI is InChI=1S/C12H10ClN3/c13-9-5-6-14-12-11(9)15-7-8-3-1-2-4-10(8)16-12/h1-6,15H,7H2,(H,14,16). The molecular formula is C12H10ClN3. The molecule has 2 N–H and O–H groups in total. The molecule has 0 unspecified atom stereocenters. The molecule has 16 heavy (non-hydrogen) atoms. The van der Waals surface area contributed by atoms with Crippen LogP contribution in [0.5, 0.6) is 0 Å². The summed E-state index contributed by atoms with van der Waals surface area (Å²) in [5, 5.41) is 7.26. The first-order valence-electron chi connectivity index (χ1n) is 5.08. The van der Waals surface area contributed by atoms with E-state index < -0.39 is 0 Å². The van der Waals surface area contributed by atoms with Gasteiger partial charge in [-0.25, -0.2) is 4.98 Å². The number of nitrogens with one attached hydrogen (secondary N) is 2. The maximum Gasteiger partial charge on any atom is 0.155 e.